The number of morpholine rings is 1. The van der Waals surface area contributed by atoms with Crippen molar-refractivity contribution in [2.45, 2.75) is 19.0 Å². The molecule has 0 spiro atoms. The molecule has 2 heterocycles. The van der Waals surface area contributed by atoms with Gasteiger partial charge in [0.15, 0.2) is 0 Å². The van der Waals surface area contributed by atoms with E-state index in [4.69, 9.17) is 4.74 Å². The summed E-state index contributed by atoms with van der Waals surface area (Å²) >= 11 is 0. The van der Waals surface area contributed by atoms with E-state index in [1.807, 2.05) is 0 Å². The summed E-state index contributed by atoms with van der Waals surface area (Å²) in [6.07, 6.45) is 3.92. The van der Waals surface area contributed by atoms with Crippen LogP contribution in [0, 0.1) is 0 Å². The molecule has 1 aliphatic heterocycles. The van der Waals surface area contributed by atoms with E-state index in [1.54, 1.807) is 12.4 Å². The number of carbonyl (C=O) groups excluding carboxylic acids is 1. The van der Waals surface area contributed by atoms with E-state index >= 15 is 0 Å². The van der Waals surface area contributed by atoms with Crippen molar-refractivity contribution in [3.63, 3.8) is 0 Å². The Hall–Kier alpha value is -1.40. The van der Waals surface area contributed by atoms with Crippen LogP contribution in [-0.4, -0.2) is 41.9 Å². The van der Waals surface area contributed by atoms with Crippen LogP contribution in [0.3, 0.4) is 0 Å². The Morgan fingerprint density at radius 1 is 1.69 bits per heavy atom. The number of H-pyrrole nitrogens is 1. The van der Waals surface area contributed by atoms with Gasteiger partial charge in [0.2, 0.25) is 5.91 Å². The Morgan fingerprint density at radius 2 is 2.62 bits per heavy atom. The zero-order chi connectivity index (χ0) is 11.2. The molecule has 0 radical (unpaired) electrons. The molecule has 1 fully saturated rings. The minimum Gasteiger partial charge on any atom is -0.378 e. The van der Waals surface area contributed by atoms with Crippen LogP contribution in [0.15, 0.2) is 12.4 Å². The fourth-order valence-electron chi connectivity index (χ4n) is 1.62. The number of rotatable bonds is 4. The van der Waals surface area contributed by atoms with E-state index in [-0.39, 0.29) is 11.9 Å². The van der Waals surface area contributed by atoms with Gasteiger partial charge in [-0.3, -0.25) is 9.89 Å². The molecule has 0 saturated carbocycles. The standard InChI is InChI=1S/C10H16N4O2/c15-10(3-9-7-16-2-1-11-9)12-4-8-5-13-14-6-8/h5-6,9,11H,1-4,7H2,(H,12,15)(H,13,14). The van der Waals surface area contributed by atoms with Crippen molar-refractivity contribution in [2.24, 2.45) is 0 Å². The molecular formula is C10H16N4O2. The Morgan fingerprint density at radius 3 is 3.31 bits per heavy atom. The maximum atomic E-state index is 11.6. The number of nitrogens with zero attached hydrogens (tertiary/aromatic N) is 1. The van der Waals surface area contributed by atoms with E-state index in [0.717, 1.165) is 18.7 Å². The summed E-state index contributed by atoms with van der Waals surface area (Å²) in [4.78, 5) is 11.6. The van der Waals surface area contributed by atoms with Crippen LogP contribution in [0.25, 0.3) is 0 Å². The fourth-order valence-corrected chi connectivity index (χ4v) is 1.62. The molecule has 6 nitrogen and oxygen atoms in total. The maximum absolute atomic E-state index is 11.6. The molecule has 1 unspecified atom stereocenters. The molecule has 0 aliphatic carbocycles. The van der Waals surface area contributed by atoms with Crippen LogP contribution in [0.2, 0.25) is 0 Å². The quantitative estimate of drug-likeness (QED) is 0.638. The van der Waals surface area contributed by atoms with Gasteiger partial charge >= 0.3 is 0 Å². The number of nitrogens with one attached hydrogen (secondary N) is 3. The molecule has 1 atom stereocenters. The Bertz CT molecular complexity index is 320. The first-order valence-electron chi connectivity index (χ1n) is 5.40. The van der Waals surface area contributed by atoms with Gasteiger partial charge in [0, 0.05) is 37.3 Å². The lowest BCUT2D eigenvalue weighted by Crippen LogP contribution is -2.44. The van der Waals surface area contributed by atoms with Crippen LogP contribution in [0.1, 0.15) is 12.0 Å². The first-order valence-corrected chi connectivity index (χ1v) is 5.40. The highest BCUT2D eigenvalue weighted by atomic mass is 16.5. The third-order valence-electron chi connectivity index (χ3n) is 2.47. The lowest BCUT2D eigenvalue weighted by atomic mass is 10.2. The molecule has 16 heavy (non-hydrogen) atoms. The van der Waals surface area contributed by atoms with E-state index in [2.05, 4.69) is 20.8 Å². The van der Waals surface area contributed by atoms with Crippen molar-refractivity contribution >= 4 is 5.91 Å². The molecule has 88 valence electrons. The van der Waals surface area contributed by atoms with E-state index < -0.39 is 0 Å². The topological polar surface area (TPSA) is 79.0 Å². The van der Waals surface area contributed by atoms with Gasteiger partial charge < -0.3 is 15.4 Å². The summed E-state index contributed by atoms with van der Waals surface area (Å²) in [5, 5.41) is 12.6. The monoisotopic (exact) mass is 224 g/mol. The van der Waals surface area contributed by atoms with Gasteiger partial charge in [-0.1, -0.05) is 0 Å². The molecule has 1 aromatic rings. The minimum atomic E-state index is 0.0317. The number of aromatic amines is 1. The molecule has 1 amide bonds. The highest BCUT2D eigenvalue weighted by Crippen LogP contribution is 1.99. The van der Waals surface area contributed by atoms with Crippen molar-refractivity contribution in [3.8, 4) is 0 Å². The summed E-state index contributed by atoms with van der Waals surface area (Å²) in [7, 11) is 0. The van der Waals surface area contributed by atoms with E-state index in [9.17, 15) is 4.79 Å². The summed E-state index contributed by atoms with van der Waals surface area (Å²) in [5.41, 5.74) is 0.973. The summed E-state index contributed by atoms with van der Waals surface area (Å²) in [5.74, 6) is 0.0317. The van der Waals surface area contributed by atoms with Crippen LogP contribution >= 0.6 is 0 Å². The van der Waals surface area contributed by atoms with Crippen molar-refractivity contribution in [1.29, 1.82) is 0 Å². The number of hydrogen-bond donors (Lipinski definition) is 3. The van der Waals surface area contributed by atoms with Crippen LogP contribution < -0.4 is 10.6 Å². The molecular weight excluding hydrogens is 208 g/mol. The van der Waals surface area contributed by atoms with Gasteiger partial charge in [-0.25, -0.2) is 0 Å². The molecule has 1 aromatic heterocycles. The normalized spacial score (nSPS) is 20.6. The SMILES string of the molecule is O=C(CC1COCCN1)NCc1cn[nH]c1. The molecule has 1 saturated heterocycles. The number of carbonyl (C=O) groups is 1. The van der Waals surface area contributed by atoms with Crippen molar-refractivity contribution in [1.82, 2.24) is 20.8 Å². The minimum absolute atomic E-state index is 0.0317. The fraction of sp³-hybridized carbons (Fsp3) is 0.600. The highest BCUT2D eigenvalue weighted by Gasteiger charge is 2.16. The second-order valence-corrected chi connectivity index (χ2v) is 3.81. The van der Waals surface area contributed by atoms with Gasteiger partial charge in [0.25, 0.3) is 0 Å². The predicted octanol–water partition coefficient (Wildman–Crippen LogP) is -0.596. The van der Waals surface area contributed by atoms with Crippen LogP contribution in [0.4, 0.5) is 0 Å². The smallest absolute Gasteiger partial charge is 0.221 e. The van der Waals surface area contributed by atoms with Crippen molar-refractivity contribution in [2.75, 3.05) is 19.8 Å². The average molecular weight is 224 g/mol. The first kappa shape index (κ1) is 11.1. The van der Waals surface area contributed by atoms with Gasteiger partial charge in [0.05, 0.1) is 19.4 Å². The van der Waals surface area contributed by atoms with Gasteiger partial charge in [0.1, 0.15) is 0 Å². The molecule has 3 N–H and O–H groups in total. The second kappa shape index (κ2) is 5.62. The summed E-state index contributed by atoms with van der Waals surface area (Å²) < 4.78 is 5.28. The van der Waals surface area contributed by atoms with E-state index in [0.29, 0.717) is 19.6 Å². The lowest BCUT2D eigenvalue weighted by molar-refractivity contribution is -0.122. The maximum Gasteiger partial charge on any atom is 0.221 e. The third-order valence-corrected chi connectivity index (χ3v) is 2.47. The zero-order valence-electron chi connectivity index (χ0n) is 9.03. The Kier molecular flexibility index (Phi) is 3.90. The van der Waals surface area contributed by atoms with Gasteiger partial charge in [-0.05, 0) is 0 Å². The van der Waals surface area contributed by atoms with E-state index in [1.165, 1.54) is 0 Å². The average Bonchev–Trinajstić information content (AvgIpc) is 2.81. The first-order chi connectivity index (χ1) is 7.84. The molecule has 0 aromatic carbocycles. The summed E-state index contributed by atoms with van der Waals surface area (Å²) in [6.45, 7) is 2.68. The zero-order valence-corrected chi connectivity index (χ0v) is 9.03. The van der Waals surface area contributed by atoms with Crippen LogP contribution in [-0.2, 0) is 16.1 Å². The van der Waals surface area contributed by atoms with Gasteiger partial charge in [-0.2, -0.15) is 5.10 Å². The molecule has 0 bridgehead atoms. The molecule has 2 rings (SSSR count). The lowest BCUT2D eigenvalue weighted by Gasteiger charge is -2.23. The predicted molar refractivity (Wildman–Crippen MR) is 57.7 cm³/mol. The Balaban J connectivity index is 1.67. The molecule has 6 heteroatoms. The number of aromatic nitrogens is 2. The summed E-state index contributed by atoms with van der Waals surface area (Å²) in [6, 6.07) is 0.137. The largest absolute Gasteiger partial charge is 0.378 e. The second-order valence-electron chi connectivity index (χ2n) is 3.81. The number of ether oxygens (including phenoxy) is 1. The highest BCUT2D eigenvalue weighted by molar-refractivity contribution is 5.76. The van der Waals surface area contributed by atoms with Gasteiger partial charge in [-0.15, -0.1) is 0 Å². The Labute approximate surface area is 93.8 Å². The number of hydrogen-bond acceptors (Lipinski definition) is 4. The van der Waals surface area contributed by atoms with Crippen molar-refractivity contribution in [3.05, 3.63) is 18.0 Å². The number of amides is 1. The van der Waals surface area contributed by atoms with Crippen molar-refractivity contribution < 1.29 is 9.53 Å². The third kappa shape index (κ3) is 3.32. The molecule has 1 aliphatic rings. The van der Waals surface area contributed by atoms with Crippen LogP contribution in [0.5, 0.6) is 0 Å².